The van der Waals surface area contributed by atoms with Crippen LogP contribution in [-0.4, -0.2) is 26.0 Å². The minimum atomic E-state index is -0.391. The Morgan fingerprint density at radius 2 is 1.46 bits per heavy atom. The quantitative estimate of drug-likeness (QED) is 0.191. The van der Waals surface area contributed by atoms with Gasteiger partial charge in [-0.15, -0.1) is 0 Å². The maximum atomic E-state index is 6.43. The van der Waals surface area contributed by atoms with E-state index in [-0.39, 0.29) is 5.41 Å². The molecule has 0 fully saturated rings. The van der Waals surface area contributed by atoms with Crippen molar-refractivity contribution in [3.05, 3.63) is 113 Å². The number of hydrogen-bond acceptors (Lipinski definition) is 4. The molecule has 0 saturated carbocycles. The number of hydrogen-bond donors (Lipinski definition) is 1. The maximum Gasteiger partial charge on any atom is 0.197 e. The molecule has 0 aromatic heterocycles. The van der Waals surface area contributed by atoms with E-state index in [0.717, 1.165) is 36.3 Å². The van der Waals surface area contributed by atoms with E-state index in [9.17, 15) is 0 Å². The molecule has 2 N–H and O–H groups in total. The van der Waals surface area contributed by atoms with Crippen molar-refractivity contribution in [1.29, 1.82) is 0 Å². The summed E-state index contributed by atoms with van der Waals surface area (Å²) in [5.74, 6) is 2.07. The van der Waals surface area contributed by atoms with E-state index >= 15 is 0 Å². The van der Waals surface area contributed by atoms with E-state index in [4.69, 9.17) is 19.9 Å². The van der Waals surface area contributed by atoms with Crippen LogP contribution in [0.15, 0.2) is 96.8 Å². The first-order valence-electron chi connectivity index (χ1n) is 14.1. The molecule has 0 amide bonds. The van der Waals surface area contributed by atoms with Crippen LogP contribution in [0.2, 0.25) is 0 Å². The Kier molecular flexibility index (Phi) is 10.0. The predicted octanol–water partition coefficient (Wildman–Crippen LogP) is 8.21. The summed E-state index contributed by atoms with van der Waals surface area (Å²) in [7, 11) is 0. The van der Waals surface area contributed by atoms with Crippen LogP contribution in [0.5, 0.6) is 5.75 Å². The molecule has 0 aliphatic heterocycles. The Balaban J connectivity index is 1.35. The first kappa shape index (κ1) is 28.7. The van der Waals surface area contributed by atoms with Crippen molar-refractivity contribution in [2.24, 2.45) is 11.1 Å². The van der Waals surface area contributed by atoms with E-state index in [1.807, 2.05) is 31.2 Å². The highest BCUT2D eigenvalue weighted by Gasteiger charge is 2.21. The van der Waals surface area contributed by atoms with Gasteiger partial charge in [-0.3, -0.25) is 0 Å². The van der Waals surface area contributed by atoms with Gasteiger partial charge in [-0.1, -0.05) is 99.6 Å². The third-order valence-electron chi connectivity index (χ3n) is 6.95. The second kappa shape index (κ2) is 13.6. The summed E-state index contributed by atoms with van der Waals surface area (Å²) in [6.07, 6.45) is 4.88. The van der Waals surface area contributed by atoms with Gasteiger partial charge in [-0.05, 0) is 72.9 Å². The zero-order chi connectivity index (χ0) is 27.7. The maximum absolute atomic E-state index is 6.43. The Morgan fingerprint density at radius 3 is 2.08 bits per heavy atom. The molecule has 1 aliphatic rings. The molecule has 0 bridgehead atoms. The molecule has 1 aliphatic carbocycles. The van der Waals surface area contributed by atoms with Crippen LogP contribution >= 0.6 is 0 Å². The van der Waals surface area contributed by atoms with E-state index in [2.05, 4.69) is 87.5 Å². The lowest BCUT2D eigenvalue weighted by atomic mass is 9.81. The monoisotopic (exact) mass is 525 g/mol. The zero-order valence-electron chi connectivity index (χ0n) is 23.9. The Hall–Kier alpha value is -3.34. The van der Waals surface area contributed by atoms with Crippen molar-refractivity contribution in [1.82, 2.24) is 0 Å². The van der Waals surface area contributed by atoms with Crippen molar-refractivity contribution in [3.63, 3.8) is 0 Å². The third kappa shape index (κ3) is 8.32. The average molecular weight is 526 g/mol. The van der Waals surface area contributed by atoms with Gasteiger partial charge in [0.2, 0.25) is 0 Å². The molecule has 2 unspecified atom stereocenters. The van der Waals surface area contributed by atoms with Gasteiger partial charge in [0.25, 0.3) is 0 Å². The third-order valence-corrected chi connectivity index (χ3v) is 6.95. The normalized spacial score (nSPS) is 15.5. The highest BCUT2D eigenvalue weighted by molar-refractivity contribution is 5.89. The van der Waals surface area contributed by atoms with Crippen LogP contribution in [-0.2, 0) is 9.47 Å². The summed E-state index contributed by atoms with van der Waals surface area (Å²) in [6.45, 7) is 10.2. The number of benzene rings is 3. The van der Waals surface area contributed by atoms with Crippen LogP contribution < -0.4 is 10.5 Å². The zero-order valence-corrected chi connectivity index (χ0v) is 23.9. The molecule has 0 spiro atoms. The van der Waals surface area contributed by atoms with Crippen LogP contribution in [0.4, 0.5) is 0 Å². The molecule has 2 atom stereocenters. The summed E-state index contributed by atoms with van der Waals surface area (Å²) in [5.41, 5.74) is 12.3. The van der Waals surface area contributed by atoms with Crippen molar-refractivity contribution in [2.75, 3.05) is 19.8 Å². The lowest BCUT2D eigenvalue weighted by Crippen LogP contribution is -2.20. The fourth-order valence-electron chi connectivity index (χ4n) is 5.15. The van der Waals surface area contributed by atoms with Crippen LogP contribution in [0.1, 0.15) is 69.6 Å². The van der Waals surface area contributed by atoms with Gasteiger partial charge in [0, 0.05) is 11.1 Å². The lowest BCUT2D eigenvalue weighted by molar-refractivity contribution is -0.0779. The van der Waals surface area contributed by atoms with E-state index in [0.29, 0.717) is 25.7 Å². The fraction of sp³-hybridized carbons (Fsp3) is 0.371. The molecule has 4 nitrogen and oxygen atoms in total. The van der Waals surface area contributed by atoms with Gasteiger partial charge >= 0.3 is 0 Å². The van der Waals surface area contributed by atoms with Crippen LogP contribution in [0, 0.1) is 5.41 Å². The van der Waals surface area contributed by atoms with Crippen molar-refractivity contribution in [3.8, 4) is 5.75 Å². The number of allylic oxidation sites excluding steroid dienone is 3. The molecule has 4 rings (SSSR count). The molecule has 0 saturated heterocycles. The second-order valence-corrected chi connectivity index (χ2v) is 11.4. The first-order chi connectivity index (χ1) is 18.8. The van der Waals surface area contributed by atoms with E-state index < -0.39 is 6.29 Å². The largest absolute Gasteiger partial charge is 0.490 e. The van der Waals surface area contributed by atoms with Crippen molar-refractivity contribution in [2.45, 2.75) is 59.2 Å². The molecule has 3 aromatic rings. The van der Waals surface area contributed by atoms with E-state index in [1.54, 1.807) is 0 Å². The standard InChI is InChI=1S/C35H43NO3/c1-26(39-31-20-18-27(19-21-31)30(25-36)24-35(2,3)4)37-22-23-38-34-32(28-12-7-5-8-13-28)16-11-17-33(34)29-14-9-6-10-15-29/h5-10,12-16,18-21,26,30H,11,17,22-25,36H2,1-4H3. The Morgan fingerprint density at radius 1 is 0.821 bits per heavy atom. The van der Waals surface area contributed by atoms with Gasteiger partial charge in [-0.25, -0.2) is 0 Å². The number of rotatable bonds is 12. The highest BCUT2D eigenvalue weighted by atomic mass is 16.7. The molecule has 4 heteroatoms. The van der Waals surface area contributed by atoms with Gasteiger partial charge in [-0.2, -0.15) is 0 Å². The minimum absolute atomic E-state index is 0.233. The van der Waals surface area contributed by atoms with Gasteiger partial charge < -0.3 is 19.9 Å². The van der Waals surface area contributed by atoms with E-state index in [1.165, 1.54) is 22.3 Å². The molecule has 3 aromatic carbocycles. The van der Waals surface area contributed by atoms with Gasteiger partial charge in [0.1, 0.15) is 18.1 Å². The minimum Gasteiger partial charge on any atom is -0.490 e. The molecular weight excluding hydrogens is 482 g/mol. The summed E-state index contributed by atoms with van der Waals surface area (Å²) < 4.78 is 18.4. The van der Waals surface area contributed by atoms with Gasteiger partial charge in [0.15, 0.2) is 6.29 Å². The highest BCUT2D eigenvalue weighted by Crippen LogP contribution is 2.38. The summed E-state index contributed by atoms with van der Waals surface area (Å²) in [5, 5.41) is 0. The second-order valence-electron chi connectivity index (χ2n) is 11.4. The molecule has 206 valence electrons. The topological polar surface area (TPSA) is 53.7 Å². The molecule has 39 heavy (non-hydrogen) atoms. The van der Waals surface area contributed by atoms with Crippen molar-refractivity contribution >= 4 is 11.1 Å². The molecular formula is C35H43NO3. The fourth-order valence-corrected chi connectivity index (χ4v) is 5.15. The molecule has 0 heterocycles. The summed E-state index contributed by atoms with van der Waals surface area (Å²) >= 11 is 0. The predicted molar refractivity (Wildman–Crippen MR) is 161 cm³/mol. The summed E-state index contributed by atoms with van der Waals surface area (Å²) in [6, 6.07) is 29.2. The summed E-state index contributed by atoms with van der Waals surface area (Å²) in [4.78, 5) is 0. The molecule has 0 radical (unpaired) electrons. The SMILES string of the molecule is CC(OCCOC1=C(c2ccccc2)CCC=C1c1ccccc1)Oc1ccc(C(CN)CC(C)(C)C)cc1. The van der Waals surface area contributed by atoms with Crippen LogP contribution in [0.25, 0.3) is 11.1 Å². The number of nitrogens with two attached hydrogens (primary N) is 1. The smallest absolute Gasteiger partial charge is 0.197 e. The lowest BCUT2D eigenvalue weighted by Gasteiger charge is -2.25. The van der Waals surface area contributed by atoms with Gasteiger partial charge in [0.05, 0.1) is 6.61 Å². The average Bonchev–Trinajstić information content (AvgIpc) is 2.95. The number of ether oxygens (including phenoxy) is 3. The van der Waals surface area contributed by atoms with Crippen LogP contribution in [0.3, 0.4) is 0 Å². The Bertz CT molecular complexity index is 1220. The Labute approximate surface area is 234 Å². The van der Waals surface area contributed by atoms with Crippen molar-refractivity contribution < 1.29 is 14.2 Å². The first-order valence-corrected chi connectivity index (χ1v) is 14.1.